The second-order valence-electron chi connectivity index (χ2n) is 5.93. The Balaban J connectivity index is 2.14. The van der Waals surface area contributed by atoms with Gasteiger partial charge in [-0.3, -0.25) is 0 Å². The Kier molecular flexibility index (Phi) is 5.07. The minimum absolute atomic E-state index is 0.112. The molecule has 2 unspecified atom stereocenters. The van der Waals surface area contributed by atoms with Gasteiger partial charge in [0, 0.05) is 19.1 Å². The van der Waals surface area contributed by atoms with Crippen molar-refractivity contribution in [1.82, 2.24) is 5.32 Å². The molecular formula is C16H25N3O2. The van der Waals surface area contributed by atoms with Crippen LogP contribution in [0.3, 0.4) is 0 Å². The Morgan fingerprint density at radius 1 is 1.24 bits per heavy atom. The molecule has 21 heavy (non-hydrogen) atoms. The van der Waals surface area contributed by atoms with Crippen molar-refractivity contribution in [2.45, 2.75) is 45.9 Å². The number of hydrogen-bond acceptors (Lipinski definition) is 3. The third-order valence-corrected chi connectivity index (χ3v) is 3.33. The summed E-state index contributed by atoms with van der Waals surface area (Å²) in [4.78, 5) is 14.2. The van der Waals surface area contributed by atoms with Crippen LogP contribution in [0.15, 0.2) is 24.3 Å². The average Bonchev–Trinajstić information content (AvgIpc) is 2.37. The zero-order valence-electron chi connectivity index (χ0n) is 13.2. The van der Waals surface area contributed by atoms with Crippen molar-refractivity contribution in [1.29, 1.82) is 0 Å². The molecule has 0 aliphatic carbocycles. The van der Waals surface area contributed by atoms with Crippen LogP contribution < -0.4 is 15.5 Å². The number of carbonyl (C=O) groups excluding carboxylic acids is 1. The van der Waals surface area contributed by atoms with Crippen molar-refractivity contribution in [3.05, 3.63) is 24.3 Å². The van der Waals surface area contributed by atoms with E-state index in [4.69, 9.17) is 4.74 Å². The Hall–Kier alpha value is -1.75. The zero-order valence-corrected chi connectivity index (χ0v) is 13.2. The smallest absolute Gasteiger partial charge is 0.319 e. The third kappa shape index (κ3) is 4.36. The van der Waals surface area contributed by atoms with Gasteiger partial charge in [-0.25, -0.2) is 4.79 Å². The minimum atomic E-state index is -0.174. The molecule has 0 aromatic heterocycles. The fraction of sp³-hybridized carbons (Fsp3) is 0.562. The highest BCUT2D eigenvalue weighted by molar-refractivity contribution is 5.93. The highest BCUT2D eigenvalue weighted by atomic mass is 16.5. The first-order chi connectivity index (χ1) is 9.95. The number of nitrogens with one attached hydrogen (secondary N) is 2. The molecule has 1 fully saturated rings. The lowest BCUT2D eigenvalue weighted by atomic mass is 10.1. The van der Waals surface area contributed by atoms with Gasteiger partial charge >= 0.3 is 6.03 Å². The number of hydrogen-bond donors (Lipinski definition) is 2. The predicted molar refractivity (Wildman–Crippen MR) is 86.0 cm³/mol. The number of ether oxygens (including phenoxy) is 1. The fourth-order valence-corrected chi connectivity index (χ4v) is 2.65. The van der Waals surface area contributed by atoms with Crippen LogP contribution in [0.25, 0.3) is 0 Å². The van der Waals surface area contributed by atoms with Gasteiger partial charge in [0.15, 0.2) is 0 Å². The van der Waals surface area contributed by atoms with Crippen LogP contribution in [0, 0.1) is 0 Å². The van der Waals surface area contributed by atoms with E-state index in [-0.39, 0.29) is 24.3 Å². The number of para-hydroxylation sites is 2. The lowest BCUT2D eigenvalue weighted by Gasteiger charge is -2.37. The van der Waals surface area contributed by atoms with Gasteiger partial charge in [-0.2, -0.15) is 0 Å². The second kappa shape index (κ2) is 6.80. The van der Waals surface area contributed by atoms with E-state index in [2.05, 4.69) is 29.4 Å². The van der Waals surface area contributed by atoms with Crippen LogP contribution in [0.1, 0.15) is 27.7 Å². The van der Waals surface area contributed by atoms with Crippen LogP contribution in [0.5, 0.6) is 0 Å². The van der Waals surface area contributed by atoms with Gasteiger partial charge in [0.2, 0.25) is 0 Å². The summed E-state index contributed by atoms with van der Waals surface area (Å²) in [6.07, 6.45) is 0.373. The predicted octanol–water partition coefficient (Wildman–Crippen LogP) is 2.83. The van der Waals surface area contributed by atoms with E-state index in [1.807, 2.05) is 38.1 Å². The van der Waals surface area contributed by atoms with Gasteiger partial charge in [-0.05, 0) is 39.8 Å². The molecule has 0 radical (unpaired) electrons. The van der Waals surface area contributed by atoms with Gasteiger partial charge in [0.1, 0.15) is 0 Å². The lowest BCUT2D eigenvalue weighted by Crippen LogP contribution is -2.46. The number of rotatable bonds is 3. The van der Waals surface area contributed by atoms with Crippen molar-refractivity contribution < 1.29 is 9.53 Å². The quantitative estimate of drug-likeness (QED) is 0.900. The molecule has 1 aromatic rings. The molecule has 2 rings (SSSR count). The molecule has 1 heterocycles. The molecule has 1 saturated heterocycles. The number of nitrogens with zero attached hydrogens (tertiary/aromatic N) is 1. The van der Waals surface area contributed by atoms with Gasteiger partial charge in [0.25, 0.3) is 0 Å². The van der Waals surface area contributed by atoms with E-state index < -0.39 is 0 Å². The molecule has 1 aromatic carbocycles. The van der Waals surface area contributed by atoms with Crippen molar-refractivity contribution in [2.24, 2.45) is 0 Å². The van der Waals surface area contributed by atoms with Gasteiger partial charge < -0.3 is 20.3 Å². The summed E-state index contributed by atoms with van der Waals surface area (Å²) in [6, 6.07) is 7.83. The topological polar surface area (TPSA) is 53.6 Å². The minimum Gasteiger partial charge on any atom is -0.372 e. The van der Waals surface area contributed by atoms with E-state index in [1.165, 1.54) is 0 Å². The highest BCUT2D eigenvalue weighted by Crippen LogP contribution is 2.28. The monoisotopic (exact) mass is 291 g/mol. The van der Waals surface area contributed by atoms with Crippen LogP contribution in [-0.4, -0.2) is 37.4 Å². The molecule has 5 heteroatoms. The Labute approximate surface area is 126 Å². The number of amides is 2. The number of anilines is 2. The first kappa shape index (κ1) is 15.6. The molecule has 5 nitrogen and oxygen atoms in total. The molecule has 1 aliphatic heterocycles. The molecule has 1 aliphatic rings. The zero-order chi connectivity index (χ0) is 15.4. The summed E-state index contributed by atoms with van der Waals surface area (Å²) in [6.45, 7) is 9.69. The highest BCUT2D eigenvalue weighted by Gasteiger charge is 2.24. The normalized spacial score (nSPS) is 22.2. The fourth-order valence-electron chi connectivity index (χ4n) is 2.65. The molecule has 0 saturated carbocycles. The standard InChI is InChI=1S/C16H25N3O2/c1-11(2)17-16(20)18-14-7-5-6-8-15(14)19-9-12(3)21-13(4)10-19/h5-8,11-13H,9-10H2,1-4H3,(H2,17,18,20). The third-order valence-electron chi connectivity index (χ3n) is 3.33. The summed E-state index contributed by atoms with van der Waals surface area (Å²) in [7, 11) is 0. The molecule has 0 bridgehead atoms. The lowest BCUT2D eigenvalue weighted by molar-refractivity contribution is -0.00517. The molecule has 2 amide bonds. The van der Waals surface area contributed by atoms with Crippen LogP contribution >= 0.6 is 0 Å². The number of urea groups is 1. The van der Waals surface area contributed by atoms with Crippen molar-refractivity contribution in [3.8, 4) is 0 Å². The Morgan fingerprint density at radius 3 is 2.48 bits per heavy atom. The summed E-state index contributed by atoms with van der Waals surface area (Å²) >= 11 is 0. The summed E-state index contributed by atoms with van der Waals surface area (Å²) in [5, 5.41) is 5.78. The average molecular weight is 291 g/mol. The summed E-state index contributed by atoms with van der Waals surface area (Å²) < 4.78 is 5.77. The van der Waals surface area contributed by atoms with Crippen molar-refractivity contribution >= 4 is 17.4 Å². The first-order valence-corrected chi connectivity index (χ1v) is 7.52. The second-order valence-corrected chi connectivity index (χ2v) is 5.93. The molecule has 0 spiro atoms. The molecule has 2 atom stereocenters. The van der Waals surface area contributed by atoms with E-state index in [0.717, 1.165) is 24.5 Å². The number of benzene rings is 1. The summed E-state index contributed by atoms with van der Waals surface area (Å²) in [5.41, 5.74) is 1.87. The van der Waals surface area contributed by atoms with Gasteiger partial charge in [0.05, 0.1) is 23.6 Å². The van der Waals surface area contributed by atoms with E-state index in [1.54, 1.807) is 0 Å². The Morgan fingerprint density at radius 2 is 1.86 bits per heavy atom. The van der Waals surface area contributed by atoms with Crippen LogP contribution in [0.4, 0.5) is 16.2 Å². The van der Waals surface area contributed by atoms with Crippen LogP contribution in [0.2, 0.25) is 0 Å². The van der Waals surface area contributed by atoms with Crippen LogP contribution in [-0.2, 0) is 4.74 Å². The van der Waals surface area contributed by atoms with Crippen molar-refractivity contribution in [3.63, 3.8) is 0 Å². The Bertz CT molecular complexity index is 480. The first-order valence-electron chi connectivity index (χ1n) is 7.52. The SMILES string of the molecule is CC(C)NC(=O)Nc1ccccc1N1CC(C)OC(C)C1. The molecule has 2 N–H and O–H groups in total. The maximum atomic E-state index is 11.9. The van der Waals surface area contributed by atoms with E-state index in [0.29, 0.717) is 0 Å². The van der Waals surface area contributed by atoms with Crippen molar-refractivity contribution in [2.75, 3.05) is 23.3 Å². The van der Waals surface area contributed by atoms with Gasteiger partial charge in [-0.1, -0.05) is 12.1 Å². The van der Waals surface area contributed by atoms with E-state index >= 15 is 0 Å². The largest absolute Gasteiger partial charge is 0.372 e. The number of morpholine rings is 1. The maximum Gasteiger partial charge on any atom is 0.319 e. The maximum absolute atomic E-state index is 11.9. The van der Waals surface area contributed by atoms with Gasteiger partial charge in [-0.15, -0.1) is 0 Å². The summed E-state index contributed by atoms with van der Waals surface area (Å²) in [5.74, 6) is 0. The number of carbonyl (C=O) groups is 1. The molecule has 116 valence electrons. The molecular weight excluding hydrogens is 266 g/mol. The van der Waals surface area contributed by atoms with E-state index in [9.17, 15) is 4.79 Å².